The second-order valence-electron chi connectivity index (χ2n) is 6.61. The third kappa shape index (κ3) is 4.21. The molecule has 1 N–H and O–H groups in total. The van der Waals surface area contributed by atoms with E-state index in [4.69, 9.17) is 16.3 Å². The van der Waals surface area contributed by atoms with Crippen LogP contribution in [0.4, 0.5) is 4.79 Å². The monoisotopic (exact) mass is 365 g/mol. The number of aliphatic carboxylic acids is 1. The fourth-order valence-corrected chi connectivity index (χ4v) is 3.05. The van der Waals surface area contributed by atoms with Crippen molar-refractivity contribution < 1.29 is 24.2 Å². The van der Waals surface area contributed by atoms with Crippen LogP contribution >= 0.6 is 11.6 Å². The zero-order valence-electron chi connectivity index (χ0n) is 14.1. The van der Waals surface area contributed by atoms with E-state index in [0.29, 0.717) is 10.6 Å². The molecule has 1 amide bonds. The van der Waals surface area contributed by atoms with Gasteiger partial charge >= 0.3 is 12.1 Å². The Balaban J connectivity index is 2.12. The molecule has 1 fully saturated rings. The van der Waals surface area contributed by atoms with Crippen LogP contribution in [0.2, 0.25) is 5.02 Å². The van der Waals surface area contributed by atoms with E-state index >= 15 is 0 Å². The van der Waals surface area contributed by atoms with Crippen molar-refractivity contribution in [3.05, 3.63) is 40.9 Å². The molecule has 1 aromatic carbocycles. The Morgan fingerprint density at radius 3 is 2.32 bits per heavy atom. The van der Waals surface area contributed by atoms with Crippen molar-refractivity contribution in [3.63, 3.8) is 0 Å². The highest BCUT2D eigenvalue weighted by Gasteiger charge is 2.44. The number of benzene rings is 1. The van der Waals surface area contributed by atoms with Crippen LogP contribution in [0.1, 0.15) is 32.3 Å². The lowest BCUT2D eigenvalue weighted by molar-refractivity contribution is -0.146. The van der Waals surface area contributed by atoms with Crippen molar-refractivity contribution in [2.45, 2.75) is 37.7 Å². The largest absolute Gasteiger partial charge is 0.481 e. The number of carbonyl (C=O) groups is 2. The fourth-order valence-electron chi connectivity index (χ4n) is 2.93. The van der Waals surface area contributed by atoms with Gasteiger partial charge in [-0.25, -0.2) is 9.59 Å². The molecule has 0 radical (unpaired) electrons. The van der Waals surface area contributed by atoms with E-state index in [1.54, 1.807) is 44.1 Å². The van der Waals surface area contributed by atoms with E-state index < -0.39 is 23.1 Å². The third-order valence-corrected chi connectivity index (χ3v) is 4.69. The SMILES string of the molecule is CC(C)(C=C=O)OC(=O)N1CCC(C(=O)O)(c2ccc(Cl)cc2)CC1. The molecule has 7 heteroatoms. The first-order valence-corrected chi connectivity index (χ1v) is 8.27. The second kappa shape index (κ2) is 7.30. The maximum absolute atomic E-state index is 12.2. The molecule has 1 aliphatic heterocycles. The Hall–Kier alpha value is -2.30. The van der Waals surface area contributed by atoms with Crippen LogP contribution in [0, 0.1) is 0 Å². The van der Waals surface area contributed by atoms with Crippen molar-refractivity contribution in [1.29, 1.82) is 0 Å². The van der Waals surface area contributed by atoms with Gasteiger partial charge < -0.3 is 14.7 Å². The number of carboxylic acid groups (broad SMARTS) is 1. The predicted octanol–water partition coefficient (Wildman–Crippen LogP) is 3.06. The third-order valence-electron chi connectivity index (χ3n) is 4.44. The van der Waals surface area contributed by atoms with Crippen molar-refractivity contribution in [2.75, 3.05) is 13.1 Å². The molecule has 2 rings (SSSR count). The molecule has 1 aliphatic rings. The van der Waals surface area contributed by atoms with Gasteiger partial charge in [0, 0.05) is 24.2 Å². The summed E-state index contributed by atoms with van der Waals surface area (Å²) in [5.74, 6) is 0.687. The van der Waals surface area contributed by atoms with E-state index in [-0.39, 0.29) is 25.9 Å². The van der Waals surface area contributed by atoms with Gasteiger partial charge in [0.1, 0.15) is 11.5 Å². The van der Waals surface area contributed by atoms with Crippen molar-refractivity contribution in [1.82, 2.24) is 4.90 Å². The molecule has 1 heterocycles. The number of ether oxygens (including phenoxy) is 1. The number of hydrogen-bond donors (Lipinski definition) is 1. The van der Waals surface area contributed by atoms with Gasteiger partial charge in [0.05, 0.1) is 5.41 Å². The number of hydrogen-bond acceptors (Lipinski definition) is 4. The maximum Gasteiger partial charge on any atom is 0.410 e. The summed E-state index contributed by atoms with van der Waals surface area (Å²) >= 11 is 5.88. The highest BCUT2D eigenvalue weighted by atomic mass is 35.5. The lowest BCUT2D eigenvalue weighted by Crippen LogP contribution is -2.50. The van der Waals surface area contributed by atoms with E-state index in [9.17, 15) is 19.5 Å². The Morgan fingerprint density at radius 1 is 1.28 bits per heavy atom. The van der Waals surface area contributed by atoms with E-state index in [1.807, 2.05) is 0 Å². The van der Waals surface area contributed by atoms with Crippen LogP contribution < -0.4 is 0 Å². The van der Waals surface area contributed by atoms with Crippen LogP contribution in [0.3, 0.4) is 0 Å². The van der Waals surface area contributed by atoms with Gasteiger partial charge in [0.25, 0.3) is 0 Å². The smallest absolute Gasteiger partial charge is 0.410 e. The summed E-state index contributed by atoms with van der Waals surface area (Å²) in [7, 11) is 0. The molecule has 0 atom stereocenters. The van der Waals surface area contributed by atoms with Gasteiger partial charge in [0.2, 0.25) is 0 Å². The molecular weight excluding hydrogens is 346 g/mol. The number of rotatable bonds is 4. The van der Waals surface area contributed by atoms with E-state index in [1.165, 1.54) is 4.90 Å². The quantitative estimate of drug-likeness (QED) is 0.829. The Kier molecular flexibility index (Phi) is 5.55. The highest BCUT2D eigenvalue weighted by molar-refractivity contribution is 6.30. The van der Waals surface area contributed by atoms with Crippen LogP contribution in [0.5, 0.6) is 0 Å². The predicted molar refractivity (Wildman–Crippen MR) is 92.4 cm³/mol. The van der Waals surface area contributed by atoms with Crippen LogP contribution in [-0.4, -0.2) is 46.7 Å². The Labute approximate surface area is 151 Å². The van der Waals surface area contributed by atoms with Gasteiger partial charge in [-0.15, -0.1) is 0 Å². The van der Waals surface area contributed by atoms with Gasteiger partial charge in [-0.1, -0.05) is 23.7 Å². The minimum Gasteiger partial charge on any atom is -0.481 e. The van der Waals surface area contributed by atoms with Gasteiger partial charge in [-0.2, -0.15) is 0 Å². The molecule has 134 valence electrons. The number of carboxylic acids is 1. The van der Waals surface area contributed by atoms with Crippen molar-refractivity contribution in [3.8, 4) is 0 Å². The van der Waals surface area contributed by atoms with Crippen LogP contribution in [-0.2, 0) is 19.7 Å². The summed E-state index contributed by atoms with van der Waals surface area (Å²) < 4.78 is 5.27. The molecule has 0 unspecified atom stereocenters. The molecule has 0 aromatic heterocycles. The van der Waals surface area contributed by atoms with Crippen molar-refractivity contribution >= 4 is 29.6 Å². The summed E-state index contributed by atoms with van der Waals surface area (Å²) in [6, 6.07) is 6.75. The summed E-state index contributed by atoms with van der Waals surface area (Å²) in [5, 5.41) is 10.3. The van der Waals surface area contributed by atoms with E-state index in [2.05, 4.69) is 0 Å². The number of nitrogens with zero attached hydrogens (tertiary/aromatic N) is 1. The zero-order chi connectivity index (χ0) is 18.7. The van der Waals surface area contributed by atoms with Crippen molar-refractivity contribution in [2.24, 2.45) is 0 Å². The number of amides is 1. The molecular formula is C18H20ClNO5. The first kappa shape index (κ1) is 19.0. The first-order valence-electron chi connectivity index (χ1n) is 7.90. The average molecular weight is 366 g/mol. The molecule has 0 spiro atoms. The molecule has 1 aromatic rings. The number of piperidine rings is 1. The van der Waals surface area contributed by atoms with E-state index in [0.717, 1.165) is 6.08 Å². The Morgan fingerprint density at radius 2 is 1.84 bits per heavy atom. The van der Waals surface area contributed by atoms with Gasteiger partial charge in [-0.05, 0) is 44.4 Å². The molecule has 0 bridgehead atoms. The Bertz CT molecular complexity index is 699. The number of likely N-dealkylation sites (tertiary alicyclic amines) is 1. The fraction of sp³-hybridized carbons (Fsp3) is 0.444. The van der Waals surface area contributed by atoms with Gasteiger partial charge in [0.15, 0.2) is 0 Å². The summed E-state index contributed by atoms with van der Waals surface area (Å²) in [6.07, 6.45) is 1.09. The van der Waals surface area contributed by atoms with Crippen LogP contribution in [0.25, 0.3) is 0 Å². The standard InChI is InChI=1S/C18H20ClNO5/c1-17(2,9-12-21)25-16(24)20-10-7-18(8-11-20,15(22)23)13-3-5-14(19)6-4-13/h3-6,9H,7-8,10-11H2,1-2H3,(H,22,23). The molecule has 1 saturated heterocycles. The summed E-state index contributed by atoms with van der Waals surface area (Å²) in [6.45, 7) is 3.65. The molecule has 0 aliphatic carbocycles. The van der Waals surface area contributed by atoms with Gasteiger partial charge in [-0.3, -0.25) is 4.79 Å². The first-order chi connectivity index (χ1) is 11.7. The maximum atomic E-state index is 12.2. The van der Waals surface area contributed by atoms with Crippen LogP contribution in [0.15, 0.2) is 30.3 Å². The topological polar surface area (TPSA) is 83.9 Å². The molecule has 0 saturated carbocycles. The lowest BCUT2D eigenvalue weighted by atomic mass is 9.73. The normalized spacial score (nSPS) is 16.7. The molecule has 6 nitrogen and oxygen atoms in total. The lowest BCUT2D eigenvalue weighted by Gasteiger charge is -2.39. The summed E-state index contributed by atoms with van der Waals surface area (Å²) in [4.78, 5) is 36.1. The second-order valence-corrected chi connectivity index (χ2v) is 7.05. The number of halogens is 1. The minimum absolute atomic E-state index is 0.245. The average Bonchev–Trinajstić information content (AvgIpc) is 2.54. The minimum atomic E-state index is -1.06. The summed E-state index contributed by atoms with van der Waals surface area (Å²) in [5.41, 5.74) is -1.45. The molecule has 25 heavy (non-hydrogen) atoms. The zero-order valence-corrected chi connectivity index (χ0v) is 14.9. The highest BCUT2D eigenvalue weighted by Crippen LogP contribution is 2.36. The number of carbonyl (C=O) groups excluding carboxylic acids is 2.